The third kappa shape index (κ3) is 3.12. The first-order valence-corrected chi connectivity index (χ1v) is 5.95. The minimum atomic E-state index is -0.470. The van der Waals surface area contributed by atoms with Gasteiger partial charge < -0.3 is 5.32 Å². The predicted octanol–water partition coefficient (Wildman–Crippen LogP) is 4.88. The van der Waals surface area contributed by atoms with Gasteiger partial charge >= 0.3 is 0 Å². The molecule has 0 unspecified atom stereocenters. The molecule has 0 atom stereocenters. The minimum absolute atomic E-state index is 0.0465. The van der Waals surface area contributed by atoms with Crippen LogP contribution >= 0.6 is 23.2 Å². The van der Waals surface area contributed by atoms with E-state index in [9.17, 15) is 8.78 Å². The smallest absolute Gasteiger partial charge is 0.141 e. The lowest BCUT2D eigenvalue weighted by molar-refractivity contribution is 0.627. The van der Waals surface area contributed by atoms with E-state index in [1.165, 1.54) is 24.3 Å². The lowest BCUT2D eigenvalue weighted by Crippen LogP contribution is -2.00. The molecule has 0 radical (unpaired) electrons. The van der Waals surface area contributed by atoms with E-state index >= 15 is 0 Å². The quantitative estimate of drug-likeness (QED) is 0.848. The van der Waals surface area contributed by atoms with Crippen LogP contribution in [0, 0.1) is 11.6 Å². The molecule has 0 heterocycles. The highest BCUT2D eigenvalue weighted by Gasteiger charge is 2.04. The normalized spacial score (nSPS) is 10.4. The maximum absolute atomic E-state index is 12.9. The molecule has 0 aromatic heterocycles. The first-order valence-electron chi connectivity index (χ1n) is 5.19. The molecule has 0 bridgehead atoms. The van der Waals surface area contributed by atoms with Crippen LogP contribution < -0.4 is 5.32 Å². The first kappa shape index (κ1) is 13.1. The Kier molecular flexibility index (Phi) is 4.04. The summed E-state index contributed by atoms with van der Waals surface area (Å²) >= 11 is 11.5. The molecule has 0 spiro atoms. The number of rotatable bonds is 3. The van der Waals surface area contributed by atoms with Crippen molar-refractivity contribution in [2.24, 2.45) is 0 Å². The van der Waals surface area contributed by atoms with Gasteiger partial charge in [0.2, 0.25) is 0 Å². The summed E-state index contributed by atoms with van der Waals surface area (Å²) in [4.78, 5) is 0. The highest BCUT2D eigenvalue weighted by molar-refractivity contribution is 6.31. The first-order chi connectivity index (χ1) is 8.56. The monoisotopic (exact) mass is 287 g/mol. The average molecular weight is 288 g/mol. The third-order valence-electron chi connectivity index (χ3n) is 2.42. The molecule has 0 amide bonds. The van der Waals surface area contributed by atoms with Gasteiger partial charge in [0.25, 0.3) is 0 Å². The van der Waals surface area contributed by atoms with Crippen molar-refractivity contribution in [2.45, 2.75) is 6.54 Å². The minimum Gasteiger partial charge on any atom is -0.381 e. The number of nitrogens with one attached hydrogen (secondary N) is 1. The van der Waals surface area contributed by atoms with Gasteiger partial charge in [-0.15, -0.1) is 0 Å². The number of anilines is 1. The van der Waals surface area contributed by atoms with E-state index in [4.69, 9.17) is 23.2 Å². The molecule has 2 aromatic carbocycles. The van der Waals surface area contributed by atoms with Crippen molar-refractivity contribution in [3.63, 3.8) is 0 Å². The molecular weight excluding hydrogens is 279 g/mol. The van der Waals surface area contributed by atoms with Gasteiger partial charge in [0, 0.05) is 17.3 Å². The number of hydrogen-bond acceptors (Lipinski definition) is 1. The summed E-state index contributed by atoms with van der Waals surface area (Å²) in [5.41, 5.74) is 1.42. The Morgan fingerprint density at radius 1 is 0.944 bits per heavy atom. The molecular formula is C13H9Cl2F2N. The highest BCUT2D eigenvalue weighted by atomic mass is 35.5. The predicted molar refractivity (Wildman–Crippen MR) is 70.1 cm³/mol. The van der Waals surface area contributed by atoms with Crippen molar-refractivity contribution >= 4 is 28.9 Å². The Morgan fingerprint density at radius 3 is 2.39 bits per heavy atom. The van der Waals surface area contributed by atoms with Gasteiger partial charge in [-0.25, -0.2) is 8.78 Å². The van der Waals surface area contributed by atoms with Gasteiger partial charge in [-0.3, -0.25) is 0 Å². The Balaban J connectivity index is 2.09. The Hall–Kier alpha value is -1.32. The molecule has 18 heavy (non-hydrogen) atoms. The van der Waals surface area contributed by atoms with Crippen LogP contribution in [0.25, 0.3) is 0 Å². The highest BCUT2D eigenvalue weighted by Crippen LogP contribution is 2.22. The number of halogens is 4. The molecule has 94 valence electrons. The Bertz CT molecular complexity index is 573. The van der Waals surface area contributed by atoms with E-state index < -0.39 is 5.82 Å². The summed E-state index contributed by atoms with van der Waals surface area (Å²) < 4.78 is 25.8. The summed E-state index contributed by atoms with van der Waals surface area (Å²) in [6, 6.07) is 8.50. The number of hydrogen-bond donors (Lipinski definition) is 1. The summed E-state index contributed by atoms with van der Waals surface area (Å²) in [7, 11) is 0. The molecule has 0 saturated heterocycles. The van der Waals surface area contributed by atoms with Gasteiger partial charge in [0.1, 0.15) is 11.6 Å². The van der Waals surface area contributed by atoms with E-state index in [2.05, 4.69) is 5.32 Å². The second-order valence-electron chi connectivity index (χ2n) is 3.72. The zero-order valence-electron chi connectivity index (χ0n) is 9.18. The summed E-state index contributed by atoms with van der Waals surface area (Å²) in [5, 5.41) is 3.42. The molecule has 0 aliphatic heterocycles. The van der Waals surface area contributed by atoms with E-state index in [1.54, 1.807) is 12.1 Å². The van der Waals surface area contributed by atoms with Crippen LogP contribution in [-0.4, -0.2) is 0 Å². The van der Waals surface area contributed by atoms with Crippen LogP contribution in [0.2, 0.25) is 10.0 Å². The van der Waals surface area contributed by atoms with Crippen molar-refractivity contribution < 1.29 is 8.78 Å². The summed E-state index contributed by atoms with van der Waals surface area (Å²) in [5.74, 6) is -0.851. The van der Waals surface area contributed by atoms with E-state index in [0.29, 0.717) is 17.3 Å². The van der Waals surface area contributed by atoms with Crippen LogP contribution in [0.4, 0.5) is 14.5 Å². The zero-order chi connectivity index (χ0) is 13.1. The summed E-state index contributed by atoms with van der Waals surface area (Å²) in [6.07, 6.45) is 0. The van der Waals surface area contributed by atoms with Crippen molar-refractivity contribution in [2.75, 3.05) is 5.32 Å². The van der Waals surface area contributed by atoms with Crippen LogP contribution in [0.3, 0.4) is 0 Å². The average Bonchev–Trinajstić information content (AvgIpc) is 2.32. The fraction of sp³-hybridized carbons (Fsp3) is 0.0769. The lowest BCUT2D eigenvalue weighted by Gasteiger charge is -2.08. The van der Waals surface area contributed by atoms with Gasteiger partial charge in [-0.05, 0) is 35.9 Å². The fourth-order valence-electron chi connectivity index (χ4n) is 1.47. The zero-order valence-corrected chi connectivity index (χ0v) is 10.7. The number of benzene rings is 2. The molecule has 1 N–H and O–H groups in total. The lowest BCUT2D eigenvalue weighted by atomic mass is 10.2. The van der Waals surface area contributed by atoms with Crippen molar-refractivity contribution in [3.05, 3.63) is 63.6 Å². The van der Waals surface area contributed by atoms with Crippen LogP contribution in [0.1, 0.15) is 5.56 Å². The van der Waals surface area contributed by atoms with Crippen LogP contribution in [-0.2, 0) is 6.54 Å². The molecule has 1 nitrogen and oxygen atoms in total. The van der Waals surface area contributed by atoms with Crippen molar-refractivity contribution in [1.29, 1.82) is 0 Å². The maximum atomic E-state index is 12.9. The van der Waals surface area contributed by atoms with Gasteiger partial charge in [0.15, 0.2) is 0 Å². The van der Waals surface area contributed by atoms with Gasteiger partial charge in [-0.1, -0.05) is 29.3 Å². The van der Waals surface area contributed by atoms with Gasteiger partial charge in [-0.2, -0.15) is 0 Å². The van der Waals surface area contributed by atoms with E-state index in [-0.39, 0.29) is 10.8 Å². The SMILES string of the molecule is Fc1ccc(CNc2ccc(F)c(Cl)c2)c(Cl)c1. The molecule has 2 aromatic rings. The Morgan fingerprint density at radius 2 is 1.72 bits per heavy atom. The molecule has 0 aliphatic carbocycles. The molecule has 2 rings (SSSR count). The Labute approximate surface area is 113 Å². The largest absolute Gasteiger partial charge is 0.381 e. The van der Waals surface area contributed by atoms with Crippen LogP contribution in [0.5, 0.6) is 0 Å². The van der Waals surface area contributed by atoms with E-state index in [0.717, 1.165) is 5.56 Å². The third-order valence-corrected chi connectivity index (χ3v) is 3.06. The molecule has 5 heteroatoms. The second kappa shape index (κ2) is 5.55. The van der Waals surface area contributed by atoms with E-state index in [1.807, 2.05) is 0 Å². The standard InChI is InChI=1S/C13H9Cl2F2N/c14-11-5-9(16)2-1-8(11)7-18-10-3-4-13(17)12(15)6-10/h1-6,18H,7H2. The van der Waals surface area contributed by atoms with Crippen molar-refractivity contribution in [3.8, 4) is 0 Å². The van der Waals surface area contributed by atoms with Gasteiger partial charge in [0.05, 0.1) is 5.02 Å². The van der Waals surface area contributed by atoms with Crippen molar-refractivity contribution in [1.82, 2.24) is 0 Å². The molecule has 0 saturated carbocycles. The maximum Gasteiger partial charge on any atom is 0.141 e. The second-order valence-corrected chi connectivity index (χ2v) is 4.53. The topological polar surface area (TPSA) is 12.0 Å². The molecule has 0 aliphatic rings. The summed E-state index contributed by atoms with van der Waals surface area (Å²) in [6.45, 7) is 0.404. The molecule has 0 fully saturated rings. The van der Waals surface area contributed by atoms with Crippen LogP contribution in [0.15, 0.2) is 36.4 Å². The fourth-order valence-corrected chi connectivity index (χ4v) is 1.88.